The fraction of sp³-hybridized carbons (Fsp3) is 0. The van der Waals surface area contributed by atoms with Gasteiger partial charge in [0.1, 0.15) is 0 Å². The van der Waals surface area contributed by atoms with Gasteiger partial charge in [0.05, 0.1) is 10.8 Å². The molecule has 3 rings (SSSR count). The Morgan fingerprint density at radius 3 is 1.68 bits per heavy atom. The minimum absolute atomic E-state index is 0.0580. The second-order valence-electron chi connectivity index (χ2n) is 3.98. The highest BCUT2D eigenvalue weighted by Crippen LogP contribution is 2.32. The van der Waals surface area contributed by atoms with E-state index in [1.165, 1.54) is 0 Å². The zero-order valence-corrected chi connectivity index (χ0v) is 9.28. The number of phenolic OH excluding ortho intramolecular Hbond substituents is 2. The van der Waals surface area contributed by atoms with Crippen LogP contribution in [0.25, 0.3) is 21.9 Å². The van der Waals surface area contributed by atoms with Crippen molar-refractivity contribution in [2.75, 3.05) is 0 Å². The number of fused-ring (bicyclic) bond motifs is 2. The summed E-state index contributed by atoms with van der Waals surface area (Å²) in [5, 5.41) is 18.9. The standard InChI is InChI=1S/C13H6F2O4/c14-7-3-1-5-9(16)6-2-4-8(15)11(18)13(6)19-12(5)10(7)17/h1-4,17-18H. The van der Waals surface area contributed by atoms with Gasteiger partial charge in [0.15, 0.2) is 34.3 Å². The number of aromatic hydroxyl groups is 2. The maximum absolute atomic E-state index is 13.2. The van der Waals surface area contributed by atoms with E-state index in [0.29, 0.717) is 0 Å². The number of rotatable bonds is 0. The van der Waals surface area contributed by atoms with Crippen molar-refractivity contribution < 1.29 is 23.4 Å². The van der Waals surface area contributed by atoms with Gasteiger partial charge >= 0.3 is 0 Å². The predicted molar refractivity (Wildman–Crippen MR) is 63.2 cm³/mol. The van der Waals surface area contributed by atoms with Gasteiger partial charge in [0.2, 0.25) is 5.43 Å². The molecule has 0 saturated heterocycles. The molecule has 0 saturated carbocycles. The average molecular weight is 264 g/mol. The second-order valence-corrected chi connectivity index (χ2v) is 3.98. The molecule has 0 atom stereocenters. The molecule has 0 radical (unpaired) electrons. The molecule has 19 heavy (non-hydrogen) atoms. The van der Waals surface area contributed by atoms with Gasteiger partial charge in [0.25, 0.3) is 0 Å². The molecule has 0 fully saturated rings. The van der Waals surface area contributed by atoms with Crippen molar-refractivity contribution >= 4 is 21.9 Å². The van der Waals surface area contributed by atoms with E-state index in [2.05, 4.69) is 0 Å². The van der Waals surface area contributed by atoms with E-state index in [0.717, 1.165) is 24.3 Å². The van der Waals surface area contributed by atoms with Gasteiger partial charge in [0, 0.05) is 0 Å². The lowest BCUT2D eigenvalue weighted by Crippen LogP contribution is -2.03. The lowest BCUT2D eigenvalue weighted by Gasteiger charge is -2.05. The van der Waals surface area contributed by atoms with E-state index in [1.54, 1.807) is 0 Å². The third kappa shape index (κ3) is 1.46. The summed E-state index contributed by atoms with van der Waals surface area (Å²) in [5.74, 6) is -3.68. The third-order valence-electron chi connectivity index (χ3n) is 2.86. The highest BCUT2D eigenvalue weighted by atomic mass is 19.1. The Labute approximate surface area is 104 Å². The van der Waals surface area contributed by atoms with Crippen LogP contribution in [0.15, 0.2) is 33.5 Å². The number of hydrogen-bond acceptors (Lipinski definition) is 4. The molecular weight excluding hydrogens is 258 g/mol. The van der Waals surface area contributed by atoms with Crippen molar-refractivity contribution in [1.29, 1.82) is 0 Å². The molecule has 0 bridgehead atoms. The Hall–Kier alpha value is -2.63. The van der Waals surface area contributed by atoms with Crippen LogP contribution >= 0.6 is 0 Å². The molecule has 1 heterocycles. The summed E-state index contributed by atoms with van der Waals surface area (Å²) in [7, 11) is 0. The summed E-state index contributed by atoms with van der Waals surface area (Å²) in [5.41, 5.74) is -1.46. The average Bonchev–Trinajstić information content (AvgIpc) is 2.39. The zero-order chi connectivity index (χ0) is 13.7. The first-order valence-electron chi connectivity index (χ1n) is 5.26. The molecule has 2 aromatic carbocycles. The molecule has 0 unspecified atom stereocenters. The fourth-order valence-corrected chi connectivity index (χ4v) is 1.91. The molecular formula is C13H6F2O4. The molecule has 6 heteroatoms. The minimum atomic E-state index is -0.981. The number of hydrogen-bond donors (Lipinski definition) is 2. The Kier molecular flexibility index (Phi) is 2.22. The van der Waals surface area contributed by atoms with Crippen molar-refractivity contribution in [3.63, 3.8) is 0 Å². The van der Waals surface area contributed by atoms with Gasteiger partial charge in [-0.05, 0) is 24.3 Å². The normalized spacial score (nSPS) is 11.3. The van der Waals surface area contributed by atoms with Crippen molar-refractivity contribution in [3.8, 4) is 11.5 Å². The summed E-state index contributed by atoms with van der Waals surface area (Å²) >= 11 is 0. The van der Waals surface area contributed by atoms with Crippen LogP contribution in [0.1, 0.15) is 0 Å². The first-order valence-corrected chi connectivity index (χ1v) is 5.26. The Bertz CT molecular complexity index is 814. The summed E-state index contributed by atoms with van der Waals surface area (Å²) in [4.78, 5) is 12.1. The van der Waals surface area contributed by atoms with Gasteiger partial charge < -0.3 is 14.6 Å². The van der Waals surface area contributed by atoms with Crippen LogP contribution in [0, 0.1) is 11.6 Å². The second kappa shape index (κ2) is 3.68. The van der Waals surface area contributed by atoms with Crippen LogP contribution in [-0.2, 0) is 0 Å². The highest BCUT2D eigenvalue weighted by molar-refractivity contribution is 5.94. The molecule has 0 amide bonds. The smallest absolute Gasteiger partial charge is 0.200 e. The maximum atomic E-state index is 13.2. The third-order valence-corrected chi connectivity index (χ3v) is 2.86. The van der Waals surface area contributed by atoms with Crippen LogP contribution in [0.4, 0.5) is 8.78 Å². The Balaban J connectivity index is 2.65. The zero-order valence-electron chi connectivity index (χ0n) is 9.28. The van der Waals surface area contributed by atoms with Crippen molar-refractivity contribution in [2.45, 2.75) is 0 Å². The van der Waals surface area contributed by atoms with E-state index in [1.807, 2.05) is 0 Å². The first kappa shape index (κ1) is 11.5. The number of phenols is 2. The summed E-state index contributed by atoms with van der Waals surface area (Å²) in [6.45, 7) is 0. The summed E-state index contributed by atoms with van der Waals surface area (Å²) < 4.78 is 31.5. The monoisotopic (exact) mass is 264 g/mol. The van der Waals surface area contributed by atoms with Crippen molar-refractivity contribution in [1.82, 2.24) is 0 Å². The van der Waals surface area contributed by atoms with Crippen LogP contribution in [0.2, 0.25) is 0 Å². The molecule has 1 aromatic heterocycles. The molecule has 0 aliphatic carbocycles. The number of benzene rings is 2. The van der Waals surface area contributed by atoms with Crippen LogP contribution in [-0.4, -0.2) is 10.2 Å². The van der Waals surface area contributed by atoms with E-state index >= 15 is 0 Å². The fourth-order valence-electron chi connectivity index (χ4n) is 1.91. The van der Waals surface area contributed by atoms with E-state index < -0.39 is 39.7 Å². The highest BCUT2D eigenvalue weighted by Gasteiger charge is 2.17. The van der Waals surface area contributed by atoms with Gasteiger partial charge in [-0.1, -0.05) is 0 Å². The largest absolute Gasteiger partial charge is 0.502 e. The first-order chi connectivity index (χ1) is 9.00. The molecule has 2 N–H and O–H groups in total. The predicted octanol–water partition coefficient (Wildman–Crippen LogP) is 2.64. The molecule has 0 spiro atoms. The van der Waals surface area contributed by atoms with Crippen molar-refractivity contribution in [2.24, 2.45) is 0 Å². The molecule has 0 aliphatic heterocycles. The topological polar surface area (TPSA) is 70.7 Å². The minimum Gasteiger partial charge on any atom is -0.502 e. The Morgan fingerprint density at radius 2 is 1.26 bits per heavy atom. The van der Waals surface area contributed by atoms with Gasteiger partial charge in [-0.3, -0.25) is 4.79 Å². The lowest BCUT2D eigenvalue weighted by molar-refractivity contribution is 0.416. The maximum Gasteiger partial charge on any atom is 0.200 e. The summed E-state index contributed by atoms with van der Waals surface area (Å²) in [6.07, 6.45) is 0. The van der Waals surface area contributed by atoms with Gasteiger partial charge in [-0.25, -0.2) is 8.78 Å². The van der Waals surface area contributed by atoms with E-state index in [4.69, 9.17) is 4.42 Å². The van der Waals surface area contributed by atoms with Crippen LogP contribution in [0.5, 0.6) is 11.5 Å². The quantitative estimate of drug-likeness (QED) is 0.612. The summed E-state index contributed by atoms with van der Waals surface area (Å²) in [6, 6.07) is 4.14. The molecule has 4 nitrogen and oxygen atoms in total. The Morgan fingerprint density at radius 1 is 0.842 bits per heavy atom. The lowest BCUT2D eigenvalue weighted by atomic mass is 10.1. The van der Waals surface area contributed by atoms with Gasteiger partial charge in [-0.15, -0.1) is 0 Å². The van der Waals surface area contributed by atoms with E-state index in [9.17, 15) is 23.8 Å². The van der Waals surface area contributed by atoms with Crippen LogP contribution in [0.3, 0.4) is 0 Å². The number of halogens is 2. The SMILES string of the molecule is O=c1c2ccc(F)c(O)c2oc2c(O)c(F)ccc12. The molecule has 96 valence electrons. The molecule has 3 aromatic rings. The van der Waals surface area contributed by atoms with E-state index in [-0.39, 0.29) is 10.8 Å². The van der Waals surface area contributed by atoms with Crippen LogP contribution < -0.4 is 5.43 Å². The van der Waals surface area contributed by atoms with Gasteiger partial charge in [-0.2, -0.15) is 0 Å². The van der Waals surface area contributed by atoms with Crippen molar-refractivity contribution in [3.05, 3.63) is 46.1 Å². The molecule has 0 aliphatic rings.